The van der Waals surface area contributed by atoms with Gasteiger partial charge in [-0.3, -0.25) is 9.89 Å². The molecule has 0 radical (unpaired) electrons. The number of aromatic amines is 1. The van der Waals surface area contributed by atoms with Gasteiger partial charge >= 0.3 is 0 Å². The molecule has 1 amide bonds. The normalized spacial score (nSPS) is 18.2. The third kappa shape index (κ3) is 3.01. The summed E-state index contributed by atoms with van der Waals surface area (Å²) in [5.74, 6) is -0.437. The predicted molar refractivity (Wildman–Crippen MR) is 82.7 cm³/mol. The van der Waals surface area contributed by atoms with Crippen molar-refractivity contribution < 1.29 is 9.18 Å². The average molecular weight is 318 g/mol. The number of hydrogen-bond acceptors (Lipinski definition) is 5. The summed E-state index contributed by atoms with van der Waals surface area (Å²) >= 11 is 0. The molecule has 0 aliphatic carbocycles. The van der Waals surface area contributed by atoms with E-state index in [1.54, 1.807) is 6.07 Å². The number of anilines is 1. The molecule has 0 spiro atoms. The summed E-state index contributed by atoms with van der Waals surface area (Å²) in [7, 11) is 0. The molecule has 0 aromatic carbocycles. The van der Waals surface area contributed by atoms with Gasteiger partial charge in [-0.15, -0.1) is 0 Å². The van der Waals surface area contributed by atoms with Crippen LogP contribution in [-0.2, 0) is 6.42 Å². The standard InChI is InChI=1S/C15H19FN6O/c1-2-10-13(16)15(19-8-18-10)22-5-3-4-9(7-22)11-6-12(14(17)23)21-20-11/h6,8-9H,2-5,7H2,1H3,(H2,17,23)(H,20,21)/t9-/m1/s1. The first kappa shape index (κ1) is 15.4. The molecule has 0 bridgehead atoms. The van der Waals surface area contributed by atoms with Gasteiger partial charge in [-0.25, -0.2) is 14.4 Å². The molecule has 1 saturated heterocycles. The summed E-state index contributed by atoms with van der Waals surface area (Å²) in [4.78, 5) is 21.2. The number of aryl methyl sites for hydroxylation is 1. The zero-order valence-corrected chi connectivity index (χ0v) is 12.9. The molecule has 23 heavy (non-hydrogen) atoms. The van der Waals surface area contributed by atoms with E-state index >= 15 is 0 Å². The van der Waals surface area contributed by atoms with Gasteiger partial charge in [0.05, 0.1) is 5.69 Å². The number of nitrogens with one attached hydrogen (secondary N) is 1. The van der Waals surface area contributed by atoms with Crippen molar-refractivity contribution in [2.75, 3.05) is 18.0 Å². The first-order chi connectivity index (χ1) is 11.1. The van der Waals surface area contributed by atoms with Crippen LogP contribution < -0.4 is 10.6 Å². The van der Waals surface area contributed by atoms with Crippen LogP contribution in [0.15, 0.2) is 12.4 Å². The fraction of sp³-hybridized carbons (Fsp3) is 0.467. The van der Waals surface area contributed by atoms with Crippen molar-refractivity contribution >= 4 is 11.7 Å². The zero-order chi connectivity index (χ0) is 16.4. The van der Waals surface area contributed by atoms with E-state index in [1.165, 1.54) is 6.33 Å². The number of nitrogens with two attached hydrogens (primary N) is 1. The Labute approximate surface area is 133 Å². The van der Waals surface area contributed by atoms with E-state index in [4.69, 9.17) is 5.73 Å². The summed E-state index contributed by atoms with van der Waals surface area (Å²) < 4.78 is 14.4. The highest BCUT2D eigenvalue weighted by molar-refractivity contribution is 5.90. The van der Waals surface area contributed by atoms with Crippen molar-refractivity contribution in [3.8, 4) is 0 Å². The maximum Gasteiger partial charge on any atom is 0.269 e. The van der Waals surface area contributed by atoms with E-state index in [9.17, 15) is 9.18 Å². The second kappa shape index (κ2) is 6.31. The van der Waals surface area contributed by atoms with E-state index in [-0.39, 0.29) is 17.4 Å². The van der Waals surface area contributed by atoms with Crippen LogP contribution in [0.2, 0.25) is 0 Å². The van der Waals surface area contributed by atoms with Crippen molar-refractivity contribution in [3.05, 3.63) is 35.3 Å². The molecule has 1 aliphatic heterocycles. The Bertz CT molecular complexity index is 716. The van der Waals surface area contributed by atoms with Crippen molar-refractivity contribution in [1.82, 2.24) is 20.2 Å². The number of H-pyrrole nitrogens is 1. The first-order valence-corrected chi connectivity index (χ1v) is 7.69. The number of carbonyl (C=O) groups excluding carboxylic acids is 1. The molecule has 3 heterocycles. The van der Waals surface area contributed by atoms with E-state index in [0.717, 1.165) is 25.1 Å². The van der Waals surface area contributed by atoms with Gasteiger partial charge in [0.2, 0.25) is 0 Å². The highest BCUT2D eigenvalue weighted by Crippen LogP contribution is 2.30. The summed E-state index contributed by atoms with van der Waals surface area (Å²) in [5, 5.41) is 6.78. The topological polar surface area (TPSA) is 101 Å². The zero-order valence-electron chi connectivity index (χ0n) is 12.9. The number of amides is 1. The molecule has 0 saturated carbocycles. The van der Waals surface area contributed by atoms with Crippen LogP contribution in [0.3, 0.4) is 0 Å². The minimum absolute atomic E-state index is 0.129. The summed E-state index contributed by atoms with van der Waals surface area (Å²) in [6, 6.07) is 1.67. The lowest BCUT2D eigenvalue weighted by Crippen LogP contribution is -2.36. The van der Waals surface area contributed by atoms with Gasteiger partial charge in [0, 0.05) is 24.7 Å². The minimum Gasteiger partial charge on any atom is -0.364 e. The van der Waals surface area contributed by atoms with Gasteiger partial charge in [0.15, 0.2) is 11.6 Å². The van der Waals surface area contributed by atoms with Crippen LogP contribution in [0.5, 0.6) is 0 Å². The van der Waals surface area contributed by atoms with Gasteiger partial charge in [-0.2, -0.15) is 5.10 Å². The van der Waals surface area contributed by atoms with E-state index < -0.39 is 5.91 Å². The van der Waals surface area contributed by atoms with Gasteiger partial charge in [0.25, 0.3) is 5.91 Å². The molecule has 2 aromatic heterocycles. The van der Waals surface area contributed by atoms with E-state index in [1.807, 2.05) is 11.8 Å². The predicted octanol–water partition coefficient (Wildman–Crippen LogP) is 1.38. The minimum atomic E-state index is -0.561. The molecule has 122 valence electrons. The Balaban J connectivity index is 1.82. The maximum atomic E-state index is 14.4. The molecular formula is C15H19FN6O. The Hall–Kier alpha value is -2.51. The Morgan fingerprint density at radius 2 is 2.35 bits per heavy atom. The largest absolute Gasteiger partial charge is 0.364 e. The van der Waals surface area contributed by atoms with Crippen molar-refractivity contribution in [3.63, 3.8) is 0 Å². The SMILES string of the molecule is CCc1ncnc(N2CCC[C@@H](c3cc(C(N)=O)n[nH]3)C2)c1F. The number of primary amides is 1. The highest BCUT2D eigenvalue weighted by atomic mass is 19.1. The van der Waals surface area contributed by atoms with Crippen LogP contribution in [0.4, 0.5) is 10.2 Å². The number of rotatable bonds is 4. The van der Waals surface area contributed by atoms with Crippen LogP contribution in [-0.4, -0.2) is 39.2 Å². The van der Waals surface area contributed by atoms with Gasteiger partial charge in [-0.05, 0) is 25.3 Å². The molecule has 1 aliphatic rings. The number of hydrogen-bond donors (Lipinski definition) is 2. The molecule has 8 heteroatoms. The molecule has 3 rings (SSSR count). The molecule has 7 nitrogen and oxygen atoms in total. The lowest BCUT2D eigenvalue weighted by molar-refractivity contribution is 0.0995. The molecule has 3 N–H and O–H groups in total. The molecular weight excluding hydrogens is 299 g/mol. The van der Waals surface area contributed by atoms with E-state index in [0.29, 0.717) is 24.5 Å². The smallest absolute Gasteiger partial charge is 0.269 e. The number of halogens is 1. The number of piperidine rings is 1. The average Bonchev–Trinajstić information content (AvgIpc) is 3.05. The van der Waals surface area contributed by atoms with Crippen molar-refractivity contribution in [2.45, 2.75) is 32.1 Å². The van der Waals surface area contributed by atoms with Crippen LogP contribution in [0.1, 0.15) is 47.6 Å². The van der Waals surface area contributed by atoms with Gasteiger partial charge < -0.3 is 10.6 Å². The molecule has 1 fully saturated rings. The second-order valence-corrected chi connectivity index (χ2v) is 5.67. The third-order valence-electron chi connectivity index (χ3n) is 4.19. The lowest BCUT2D eigenvalue weighted by atomic mass is 9.94. The summed E-state index contributed by atoms with van der Waals surface area (Å²) in [6.45, 7) is 3.21. The van der Waals surface area contributed by atoms with Crippen LogP contribution >= 0.6 is 0 Å². The molecule has 0 unspecified atom stereocenters. The van der Waals surface area contributed by atoms with Gasteiger partial charge in [-0.1, -0.05) is 6.92 Å². The number of aromatic nitrogens is 4. The van der Waals surface area contributed by atoms with Gasteiger partial charge in [0.1, 0.15) is 12.0 Å². The Morgan fingerprint density at radius 1 is 1.52 bits per heavy atom. The molecule has 1 atom stereocenters. The highest BCUT2D eigenvalue weighted by Gasteiger charge is 2.26. The summed E-state index contributed by atoms with van der Waals surface area (Å²) in [6.07, 6.45) is 3.77. The molecule has 2 aromatic rings. The van der Waals surface area contributed by atoms with Crippen molar-refractivity contribution in [2.24, 2.45) is 5.73 Å². The third-order valence-corrected chi connectivity index (χ3v) is 4.19. The summed E-state index contributed by atoms with van der Waals surface area (Å²) in [5.41, 5.74) is 6.72. The Morgan fingerprint density at radius 3 is 3.04 bits per heavy atom. The lowest BCUT2D eigenvalue weighted by Gasteiger charge is -2.33. The second-order valence-electron chi connectivity index (χ2n) is 5.67. The van der Waals surface area contributed by atoms with Crippen LogP contribution in [0.25, 0.3) is 0 Å². The number of carbonyl (C=O) groups is 1. The first-order valence-electron chi connectivity index (χ1n) is 7.69. The maximum absolute atomic E-state index is 14.4. The quantitative estimate of drug-likeness (QED) is 0.887. The number of nitrogens with zero attached hydrogens (tertiary/aromatic N) is 4. The fourth-order valence-electron chi connectivity index (χ4n) is 2.96. The Kier molecular flexibility index (Phi) is 4.22. The fourth-order valence-corrected chi connectivity index (χ4v) is 2.96. The van der Waals surface area contributed by atoms with Crippen molar-refractivity contribution in [1.29, 1.82) is 0 Å². The van der Waals surface area contributed by atoms with Crippen LogP contribution in [0, 0.1) is 5.82 Å². The van der Waals surface area contributed by atoms with E-state index in [2.05, 4.69) is 20.2 Å². The monoisotopic (exact) mass is 318 g/mol.